The molecule has 0 aromatic heterocycles. The highest BCUT2D eigenvalue weighted by Gasteiger charge is 2.12. The van der Waals surface area contributed by atoms with Gasteiger partial charge in [0.15, 0.2) is 11.5 Å². The number of esters is 1. The number of hydrogen-bond acceptors (Lipinski definition) is 6. The maximum absolute atomic E-state index is 12.3. The number of ether oxygens (including phenoxy) is 2. The third kappa shape index (κ3) is 7.79. The average molecular weight is 538 g/mol. The van der Waals surface area contributed by atoms with Crippen LogP contribution in [0, 0.1) is 0 Å². The number of halogens is 1. The predicted molar refractivity (Wildman–Crippen MR) is 136 cm³/mol. The molecule has 9 heteroatoms. The Morgan fingerprint density at radius 1 is 0.971 bits per heavy atom. The first-order valence-corrected chi connectivity index (χ1v) is 11.6. The maximum atomic E-state index is 12.3. The van der Waals surface area contributed by atoms with Gasteiger partial charge in [-0.1, -0.05) is 30.3 Å². The molecule has 0 saturated heterocycles. The van der Waals surface area contributed by atoms with Crippen LogP contribution in [0.4, 0.5) is 0 Å². The standard InChI is InChI=1S/C26H24BrN3O5/c1-34-23-16-18(13-14-22(23)35-26(33)19-8-3-2-4-9-19)17-29-30-24(31)12-7-15-28-25(32)20-10-5-6-11-21(20)27/h2-6,8-11,13-14,16-17H,7,12,15H2,1H3,(H,28,32)(H,30,31). The molecule has 0 unspecified atom stereocenters. The van der Waals surface area contributed by atoms with Crippen LogP contribution in [0.1, 0.15) is 39.1 Å². The number of benzene rings is 3. The van der Waals surface area contributed by atoms with Gasteiger partial charge in [0.05, 0.1) is 24.5 Å². The summed E-state index contributed by atoms with van der Waals surface area (Å²) >= 11 is 3.34. The van der Waals surface area contributed by atoms with Gasteiger partial charge in [0, 0.05) is 17.4 Å². The van der Waals surface area contributed by atoms with Gasteiger partial charge in [-0.25, -0.2) is 10.2 Å². The van der Waals surface area contributed by atoms with Gasteiger partial charge < -0.3 is 14.8 Å². The fraction of sp³-hybridized carbons (Fsp3) is 0.154. The van der Waals surface area contributed by atoms with Crippen LogP contribution < -0.4 is 20.2 Å². The fourth-order valence-electron chi connectivity index (χ4n) is 3.01. The summed E-state index contributed by atoms with van der Waals surface area (Å²) in [6.45, 7) is 0.359. The molecule has 8 nitrogen and oxygen atoms in total. The summed E-state index contributed by atoms with van der Waals surface area (Å²) < 4.78 is 11.4. The van der Waals surface area contributed by atoms with Crippen molar-refractivity contribution in [2.24, 2.45) is 5.10 Å². The summed E-state index contributed by atoms with van der Waals surface area (Å²) in [6, 6.07) is 20.7. The lowest BCUT2D eigenvalue weighted by molar-refractivity contribution is -0.121. The molecule has 3 aromatic rings. The Bertz CT molecular complexity index is 1210. The summed E-state index contributed by atoms with van der Waals surface area (Å²) in [7, 11) is 1.47. The zero-order chi connectivity index (χ0) is 25.0. The number of hydrazone groups is 1. The molecule has 0 radical (unpaired) electrons. The van der Waals surface area contributed by atoms with Crippen LogP contribution in [-0.4, -0.2) is 37.7 Å². The minimum Gasteiger partial charge on any atom is -0.493 e. The Labute approximate surface area is 211 Å². The molecule has 0 spiro atoms. The van der Waals surface area contributed by atoms with Crippen LogP contribution in [-0.2, 0) is 4.79 Å². The number of hydrogen-bond donors (Lipinski definition) is 2. The van der Waals surface area contributed by atoms with Crippen molar-refractivity contribution < 1.29 is 23.9 Å². The Morgan fingerprint density at radius 3 is 2.46 bits per heavy atom. The smallest absolute Gasteiger partial charge is 0.343 e. The largest absolute Gasteiger partial charge is 0.493 e. The SMILES string of the molecule is COc1cc(C=NNC(=O)CCCNC(=O)c2ccccc2Br)ccc1OC(=O)c1ccccc1. The van der Waals surface area contributed by atoms with Crippen LogP contribution in [0.2, 0.25) is 0 Å². The third-order valence-corrected chi connectivity index (χ3v) is 5.48. The van der Waals surface area contributed by atoms with E-state index in [1.807, 2.05) is 12.1 Å². The summed E-state index contributed by atoms with van der Waals surface area (Å²) in [5.74, 6) is -0.359. The van der Waals surface area contributed by atoms with Crippen molar-refractivity contribution in [1.29, 1.82) is 0 Å². The molecule has 0 aliphatic carbocycles. The Balaban J connectivity index is 1.44. The highest BCUT2D eigenvalue weighted by Crippen LogP contribution is 2.28. The van der Waals surface area contributed by atoms with E-state index in [9.17, 15) is 14.4 Å². The second-order valence-electron chi connectivity index (χ2n) is 7.30. The van der Waals surface area contributed by atoms with Crippen LogP contribution in [0.5, 0.6) is 11.5 Å². The van der Waals surface area contributed by atoms with Gasteiger partial charge in [0.25, 0.3) is 5.91 Å². The number of carbonyl (C=O) groups excluding carboxylic acids is 3. The van der Waals surface area contributed by atoms with Crippen molar-refractivity contribution in [3.8, 4) is 11.5 Å². The van der Waals surface area contributed by atoms with Crippen LogP contribution in [0.15, 0.2) is 82.4 Å². The number of nitrogens with zero attached hydrogens (tertiary/aromatic N) is 1. The topological polar surface area (TPSA) is 106 Å². The zero-order valence-corrected chi connectivity index (χ0v) is 20.6. The first-order valence-electron chi connectivity index (χ1n) is 10.8. The van der Waals surface area contributed by atoms with Crippen LogP contribution in [0.25, 0.3) is 0 Å². The summed E-state index contributed by atoms with van der Waals surface area (Å²) in [6.07, 6.45) is 2.12. The van der Waals surface area contributed by atoms with Crippen molar-refractivity contribution in [3.63, 3.8) is 0 Å². The quantitative estimate of drug-likeness (QED) is 0.131. The van der Waals surface area contributed by atoms with Gasteiger partial charge in [-0.15, -0.1) is 0 Å². The molecular weight excluding hydrogens is 514 g/mol. The lowest BCUT2D eigenvalue weighted by atomic mass is 10.2. The Kier molecular flexibility index (Phi) is 9.56. The van der Waals surface area contributed by atoms with Crippen molar-refractivity contribution in [1.82, 2.24) is 10.7 Å². The van der Waals surface area contributed by atoms with Gasteiger partial charge in [-0.3, -0.25) is 9.59 Å². The van der Waals surface area contributed by atoms with Crippen LogP contribution in [0.3, 0.4) is 0 Å². The second-order valence-corrected chi connectivity index (χ2v) is 8.15. The third-order valence-electron chi connectivity index (χ3n) is 4.79. The predicted octanol–water partition coefficient (Wildman–Crippen LogP) is 4.34. The number of carbonyl (C=O) groups is 3. The summed E-state index contributed by atoms with van der Waals surface area (Å²) in [4.78, 5) is 36.4. The van der Waals surface area contributed by atoms with Crippen molar-refractivity contribution in [2.75, 3.05) is 13.7 Å². The van der Waals surface area contributed by atoms with E-state index in [1.54, 1.807) is 60.7 Å². The van der Waals surface area contributed by atoms with Gasteiger partial charge >= 0.3 is 5.97 Å². The molecule has 3 rings (SSSR count). The van der Waals surface area contributed by atoms with E-state index >= 15 is 0 Å². The first-order chi connectivity index (χ1) is 17.0. The van der Waals surface area contributed by atoms with Crippen LogP contribution >= 0.6 is 15.9 Å². The highest BCUT2D eigenvalue weighted by atomic mass is 79.9. The number of amides is 2. The molecule has 0 atom stereocenters. The normalized spacial score (nSPS) is 10.6. The summed E-state index contributed by atoms with van der Waals surface area (Å²) in [5, 5.41) is 6.73. The molecule has 2 amide bonds. The lowest BCUT2D eigenvalue weighted by Crippen LogP contribution is -2.26. The summed E-state index contributed by atoms with van der Waals surface area (Å²) in [5.41, 5.74) is 4.06. The van der Waals surface area contributed by atoms with Crippen molar-refractivity contribution in [3.05, 3.63) is 94.0 Å². The second kappa shape index (κ2) is 13.0. The van der Waals surface area contributed by atoms with E-state index in [1.165, 1.54) is 13.3 Å². The monoisotopic (exact) mass is 537 g/mol. The molecule has 0 heterocycles. The number of nitrogens with one attached hydrogen (secondary N) is 2. The van der Waals surface area contributed by atoms with E-state index in [0.29, 0.717) is 39.9 Å². The van der Waals surface area contributed by atoms with Gasteiger partial charge in [-0.2, -0.15) is 5.10 Å². The molecule has 0 saturated carbocycles. The van der Waals surface area contributed by atoms with Crippen molar-refractivity contribution >= 4 is 39.9 Å². The van der Waals surface area contributed by atoms with Gasteiger partial charge in [-0.05, 0) is 70.4 Å². The number of rotatable bonds is 10. The number of methoxy groups -OCH3 is 1. The molecule has 35 heavy (non-hydrogen) atoms. The van der Waals surface area contributed by atoms with E-state index in [0.717, 1.165) is 0 Å². The molecule has 0 aliphatic rings. The minimum absolute atomic E-state index is 0.200. The van der Waals surface area contributed by atoms with E-state index in [-0.39, 0.29) is 24.0 Å². The maximum Gasteiger partial charge on any atom is 0.343 e. The van der Waals surface area contributed by atoms with E-state index in [4.69, 9.17) is 9.47 Å². The molecule has 3 aromatic carbocycles. The Hall–Kier alpha value is -3.98. The zero-order valence-electron chi connectivity index (χ0n) is 19.0. The first kappa shape index (κ1) is 25.6. The lowest BCUT2D eigenvalue weighted by Gasteiger charge is -2.10. The van der Waals surface area contributed by atoms with E-state index < -0.39 is 5.97 Å². The molecular formula is C26H24BrN3O5. The molecule has 180 valence electrons. The van der Waals surface area contributed by atoms with Crippen molar-refractivity contribution in [2.45, 2.75) is 12.8 Å². The Morgan fingerprint density at radius 2 is 1.71 bits per heavy atom. The molecule has 0 fully saturated rings. The van der Waals surface area contributed by atoms with E-state index in [2.05, 4.69) is 31.8 Å². The highest BCUT2D eigenvalue weighted by molar-refractivity contribution is 9.10. The average Bonchev–Trinajstić information content (AvgIpc) is 2.88. The fourth-order valence-corrected chi connectivity index (χ4v) is 3.47. The molecule has 0 aliphatic heterocycles. The molecule has 0 bridgehead atoms. The van der Waals surface area contributed by atoms with Gasteiger partial charge in [0.2, 0.25) is 5.91 Å². The minimum atomic E-state index is -0.495. The van der Waals surface area contributed by atoms with Gasteiger partial charge in [0.1, 0.15) is 0 Å². The molecule has 2 N–H and O–H groups in total.